The summed E-state index contributed by atoms with van der Waals surface area (Å²) in [7, 11) is -3.68. The van der Waals surface area contributed by atoms with E-state index in [-0.39, 0.29) is 11.9 Å². The van der Waals surface area contributed by atoms with Crippen LogP contribution >= 0.6 is 22.7 Å². The number of likely N-dealkylation sites (tertiary alicyclic amines) is 1. The van der Waals surface area contributed by atoms with Crippen molar-refractivity contribution in [2.75, 3.05) is 17.8 Å². The number of benzene rings is 1. The Bertz CT molecular complexity index is 1760. The molecule has 1 saturated heterocycles. The number of hydrogen-bond acceptors (Lipinski definition) is 8. The first-order valence-electron chi connectivity index (χ1n) is 13.7. The SMILES string of the molecule is CC(=O)NC1CCN(Cc2cnc(-c3cc4cccc(NS(=O)(=O)c5sccc5CC5CC5)c4[nH]3)s2)C1.O=C(O)C(F)(F)F. The molecule has 1 amide bonds. The van der Waals surface area contributed by atoms with Crippen molar-refractivity contribution >= 4 is 61.2 Å². The van der Waals surface area contributed by atoms with Crippen LogP contribution in [0.5, 0.6) is 0 Å². The van der Waals surface area contributed by atoms with Crippen LogP contribution in [-0.4, -0.2) is 65.6 Å². The van der Waals surface area contributed by atoms with E-state index in [1.807, 2.05) is 35.8 Å². The van der Waals surface area contributed by atoms with E-state index >= 15 is 0 Å². The summed E-state index contributed by atoms with van der Waals surface area (Å²) in [5, 5.41) is 13.8. The number of aliphatic carboxylic acids is 1. The number of para-hydroxylation sites is 1. The van der Waals surface area contributed by atoms with Crippen molar-refractivity contribution in [1.82, 2.24) is 20.2 Å². The fourth-order valence-electron chi connectivity index (χ4n) is 5.00. The second-order valence-corrected chi connectivity index (χ2v) is 14.7. The molecule has 1 aliphatic heterocycles. The van der Waals surface area contributed by atoms with Crippen LogP contribution in [0.4, 0.5) is 18.9 Å². The molecule has 4 N–H and O–H groups in total. The number of rotatable bonds is 9. The number of amides is 1. The molecule has 4 aromatic rings. The maximum absolute atomic E-state index is 13.3. The zero-order valence-electron chi connectivity index (χ0n) is 23.5. The van der Waals surface area contributed by atoms with Gasteiger partial charge >= 0.3 is 12.1 Å². The van der Waals surface area contributed by atoms with E-state index in [0.717, 1.165) is 64.5 Å². The third kappa shape index (κ3) is 7.97. The highest BCUT2D eigenvalue weighted by Gasteiger charge is 2.38. The molecule has 1 saturated carbocycles. The van der Waals surface area contributed by atoms with Gasteiger partial charge in [-0.25, -0.2) is 18.2 Å². The molecule has 0 radical (unpaired) electrons. The average molecular weight is 670 g/mol. The van der Waals surface area contributed by atoms with E-state index in [4.69, 9.17) is 9.90 Å². The summed E-state index contributed by atoms with van der Waals surface area (Å²) >= 11 is 2.90. The Balaban J connectivity index is 0.000000493. The van der Waals surface area contributed by atoms with Crippen molar-refractivity contribution in [2.45, 2.75) is 55.6 Å². The number of fused-ring (bicyclic) bond motifs is 1. The second kappa shape index (κ2) is 12.9. The lowest BCUT2D eigenvalue weighted by Crippen LogP contribution is -2.35. The lowest BCUT2D eigenvalue weighted by atomic mass is 10.2. The summed E-state index contributed by atoms with van der Waals surface area (Å²) in [6.45, 7) is 4.14. The maximum atomic E-state index is 13.3. The Morgan fingerprint density at radius 1 is 1.20 bits per heavy atom. The van der Waals surface area contributed by atoms with Gasteiger partial charge < -0.3 is 15.4 Å². The first kappa shape index (κ1) is 31.9. The molecular weight excluding hydrogens is 640 g/mol. The van der Waals surface area contributed by atoms with Gasteiger partial charge in [-0.3, -0.25) is 14.4 Å². The minimum Gasteiger partial charge on any atom is -0.475 e. The Morgan fingerprint density at radius 2 is 1.95 bits per heavy atom. The molecule has 236 valence electrons. The van der Waals surface area contributed by atoms with Gasteiger partial charge in [0, 0.05) is 49.1 Å². The molecule has 0 spiro atoms. The van der Waals surface area contributed by atoms with Crippen molar-refractivity contribution in [3.05, 3.63) is 52.3 Å². The van der Waals surface area contributed by atoms with Gasteiger partial charge in [0.05, 0.1) is 16.9 Å². The van der Waals surface area contributed by atoms with E-state index in [9.17, 15) is 26.4 Å². The predicted octanol–water partition coefficient (Wildman–Crippen LogP) is 5.45. The number of carbonyl (C=O) groups excluding carboxylic acids is 1. The molecule has 0 bridgehead atoms. The lowest BCUT2D eigenvalue weighted by Gasteiger charge is -2.14. The highest BCUT2D eigenvalue weighted by atomic mass is 32.2. The van der Waals surface area contributed by atoms with Crippen molar-refractivity contribution in [2.24, 2.45) is 5.92 Å². The number of carboxylic acids is 1. The zero-order valence-corrected chi connectivity index (χ0v) is 25.9. The number of hydrogen-bond donors (Lipinski definition) is 4. The molecule has 1 aliphatic carbocycles. The minimum absolute atomic E-state index is 0.0153. The highest BCUT2D eigenvalue weighted by Crippen LogP contribution is 2.37. The molecule has 4 heterocycles. The first-order chi connectivity index (χ1) is 20.8. The van der Waals surface area contributed by atoms with Crippen molar-refractivity contribution in [3.8, 4) is 10.7 Å². The Labute approximate surface area is 259 Å². The monoisotopic (exact) mass is 669 g/mol. The minimum atomic E-state index is -5.08. The maximum Gasteiger partial charge on any atom is 0.490 e. The third-order valence-corrected chi connectivity index (χ3v) is 11.1. The largest absolute Gasteiger partial charge is 0.490 e. The summed E-state index contributed by atoms with van der Waals surface area (Å²) in [5.74, 6) is -2.13. The zero-order chi connectivity index (χ0) is 31.6. The number of halogens is 3. The lowest BCUT2D eigenvalue weighted by molar-refractivity contribution is -0.192. The third-order valence-electron chi connectivity index (χ3n) is 7.14. The van der Waals surface area contributed by atoms with E-state index < -0.39 is 22.2 Å². The van der Waals surface area contributed by atoms with Crippen LogP contribution in [0.15, 0.2) is 46.1 Å². The van der Waals surface area contributed by atoms with Gasteiger partial charge in [0.15, 0.2) is 0 Å². The number of aromatic nitrogens is 2. The number of aromatic amines is 1. The molecule has 44 heavy (non-hydrogen) atoms. The molecule has 6 rings (SSSR count). The van der Waals surface area contributed by atoms with Crippen LogP contribution in [0.2, 0.25) is 0 Å². The number of sulfonamides is 1. The molecule has 2 aliphatic rings. The topological polar surface area (TPSA) is 144 Å². The summed E-state index contributed by atoms with van der Waals surface area (Å²) in [6, 6.07) is 9.79. The average Bonchev–Trinajstić information content (AvgIpc) is 3.35. The molecule has 1 unspecified atom stereocenters. The standard InChI is InChI=1S/C26H29N5O3S3.C2HF3O2/c1-16(32)28-20-7-9-31(14-20)15-21-13-27-25(36-21)23-12-18-3-2-4-22(24(18)29-23)30-37(33,34)26-19(8-10-35-26)11-17-5-6-17;3-2(4,5)1(6)7/h2-4,8,10,12-13,17,20,29-30H,5-7,9,11,14-15H2,1H3,(H,28,32);(H,6,7). The van der Waals surface area contributed by atoms with Gasteiger partial charge in [-0.05, 0) is 60.7 Å². The molecule has 2 fully saturated rings. The quantitative estimate of drug-likeness (QED) is 0.186. The van der Waals surface area contributed by atoms with Crippen LogP contribution in [0.1, 0.15) is 36.6 Å². The number of nitrogens with zero attached hydrogens (tertiary/aromatic N) is 2. The predicted molar refractivity (Wildman–Crippen MR) is 162 cm³/mol. The number of nitrogens with one attached hydrogen (secondary N) is 3. The molecule has 3 aromatic heterocycles. The molecular formula is C28H30F3N5O5S3. The fraction of sp³-hybridized carbons (Fsp3) is 0.393. The van der Waals surface area contributed by atoms with Crippen LogP contribution < -0.4 is 10.0 Å². The van der Waals surface area contributed by atoms with Gasteiger partial charge in [-0.2, -0.15) is 13.2 Å². The van der Waals surface area contributed by atoms with E-state index in [2.05, 4.69) is 24.9 Å². The smallest absolute Gasteiger partial charge is 0.475 e. The van der Waals surface area contributed by atoms with Crippen LogP contribution in [0, 0.1) is 5.92 Å². The molecule has 1 aromatic carbocycles. The molecule has 16 heteroatoms. The van der Waals surface area contributed by atoms with E-state index in [1.165, 1.54) is 24.2 Å². The molecule has 10 nitrogen and oxygen atoms in total. The van der Waals surface area contributed by atoms with Gasteiger partial charge in [0.2, 0.25) is 5.91 Å². The van der Waals surface area contributed by atoms with Gasteiger partial charge in [-0.1, -0.05) is 12.1 Å². The second-order valence-electron chi connectivity index (χ2n) is 10.8. The summed E-state index contributed by atoms with van der Waals surface area (Å²) in [6.07, 6.45) is 0.968. The van der Waals surface area contributed by atoms with Crippen molar-refractivity contribution < 1.29 is 36.3 Å². The highest BCUT2D eigenvalue weighted by molar-refractivity contribution is 7.94. The van der Waals surface area contributed by atoms with Gasteiger partial charge in [0.1, 0.15) is 9.22 Å². The fourth-order valence-corrected chi connectivity index (χ4v) is 8.43. The van der Waals surface area contributed by atoms with Crippen LogP contribution in [0.25, 0.3) is 21.6 Å². The molecule has 1 atom stereocenters. The normalized spacial score (nSPS) is 17.3. The van der Waals surface area contributed by atoms with Crippen molar-refractivity contribution in [3.63, 3.8) is 0 Å². The number of carbonyl (C=O) groups is 2. The summed E-state index contributed by atoms with van der Waals surface area (Å²) < 4.78 is 61.6. The van der Waals surface area contributed by atoms with Crippen LogP contribution in [0.3, 0.4) is 0 Å². The van der Waals surface area contributed by atoms with E-state index in [0.29, 0.717) is 15.8 Å². The number of H-pyrrole nitrogens is 1. The summed E-state index contributed by atoms with van der Waals surface area (Å²) in [5.41, 5.74) is 3.06. The number of alkyl halides is 3. The van der Waals surface area contributed by atoms with E-state index in [1.54, 1.807) is 24.3 Å². The Morgan fingerprint density at radius 3 is 2.64 bits per heavy atom. The van der Waals surface area contributed by atoms with Crippen LogP contribution in [-0.2, 0) is 32.6 Å². The Kier molecular flexibility index (Phi) is 9.34. The van der Waals surface area contributed by atoms with Crippen molar-refractivity contribution in [1.29, 1.82) is 0 Å². The number of thiophene rings is 1. The number of carboxylic acid groups (broad SMARTS) is 1. The number of thiazole rings is 1. The Hall–Kier alpha value is -3.47. The van der Waals surface area contributed by atoms with Gasteiger partial charge in [-0.15, -0.1) is 22.7 Å². The first-order valence-corrected chi connectivity index (χ1v) is 16.9. The number of anilines is 1. The summed E-state index contributed by atoms with van der Waals surface area (Å²) in [4.78, 5) is 31.8. The van der Waals surface area contributed by atoms with Gasteiger partial charge in [0.25, 0.3) is 10.0 Å².